The van der Waals surface area contributed by atoms with Gasteiger partial charge in [-0.05, 0) is 48.4 Å². The summed E-state index contributed by atoms with van der Waals surface area (Å²) in [6.07, 6.45) is 17.0. The molecule has 3 rings (SSSR count). The summed E-state index contributed by atoms with van der Waals surface area (Å²) < 4.78 is 5.18. The fourth-order valence-corrected chi connectivity index (χ4v) is 5.62. The molecule has 8 heteroatoms. The van der Waals surface area contributed by atoms with Crippen molar-refractivity contribution in [3.05, 3.63) is 75.3 Å². The normalized spacial score (nSPS) is 16.2. The zero-order valence-corrected chi connectivity index (χ0v) is 25.2. The molecule has 2 aromatic rings. The Hall–Kier alpha value is -3.68. The van der Waals surface area contributed by atoms with Crippen LogP contribution in [0.25, 0.3) is 5.76 Å². The lowest BCUT2D eigenvalue weighted by Gasteiger charge is -2.25. The van der Waals surface area contributed by atoms with Gasteiger partial charge in [0.1, 0.15) is 11.5 Å². The number of aliphatic hydroxyl groups is 1. The van der Waals surface area contributed by atoms with Crippen LogP contribution in [0.4, 0.5) is 5.69 Å². The van der Waals surface area contributed by atoms with E-state index in [1.54, 1.807) is 36.4 Å². The van der Waals surface area contributed by atoms with Crippen molar-refractivity contribution in [1.29, 1.82) is 0 Å². The molecule has 1 atom stereocenters. The number of nitrogens with zero attached hydrogens (tertiary/aromatic N) is 2. The standard InChI is InChI=1S/C34H46N2O6/c1-3-4-5-6-7-8-9-10-11-12-13-14-15-16-25-35-31(26-17-21-28(22-18-26)36(40)41)30(33(38)34(35)39)32(37)27-19-23-29(42-2)24-20-27/h17-24,31,37H,3-16,25H2,1-2H3/t31-/m0/s1. The summed E-state index contributed by atoms with van der Waals surface area (Å²) in [5, 5.41) is 22.4. The maximum absolute atomic E-state index is 13.2. The fraction of sp³-hybridized carbons (Fsp3) is 0.529. The van der Waals surface area contributed by atoms with Gasteiger partial charge >= 0.3 is 0 Å². The van der Waals surface area contributed by atoms with Crippen molar-refractivity contribution < 1.29 is 24.4 Å². The molecule has 1 amide bonds. The second-order valence-electron chi connectivity index (χ2n) is 11.2. The third kappa shape index (κ3) is 9.16. The number of carbonyl (C=O) groups excluding carboxylic acids is 2. The topological polar surface area (TPSA) is 110 Å². The van der Waals surface area contributed by atoms with Gasteiger partial charge in [-0.1, -0.05) is 90.4 Å². The van der Waals surface area contributed by atoms with Gasteiger partial charge in [0, 0.05) is 24.2 Å². The lowest BCUT2D eigenvalue weighted by Crippen LogP contribution is -2.30. The second kappa shape index (κ2) is 17.3. The van der Waals surface area contributed by atoms with Crippen LogP contribution in [0.5, 0.6) is 5.75 Å². The first-order valence-corrected chi connectivity index (χ1v) is 15.6. The number of nitro groups is 1. The molecule has 0 spiro atoms. The number of rotatable bonds is 19. The fourth-order valence-electron chi connectivity index (χ4n) is 5.62. The number of ether oxygens (including phenoxy) is 1. The summed E-state index contributed by atoms with van der Waals surface area (Å²) in [6, 6.07) is 11.6. The van der Waals surface area contributed by atoms with Gasteiger partial charge in [0.25, 0.3) is 17.4 Å². The number of hydrogen-bond donors (Lipinski definition) is 1. The molecule has 1 heterocycles. The largest absolute Gasteiger partial charge is 0.507 e. The first-order chi connectivity index (χ1) is 20.4. The van der Waals surface area contributed by atoms with E-state index in [0.717, 1.165) is 25.7 Å². The number of carbonyl (C=O) groups is 2. The first-order valence-electron chi connectivity index (χ1n) is 15.6. The molecule has 1 aliphatic rings. The van der Waals surface area contributed by atoms with Crippen molar-refractivity contribution in [3.8, 4) is 5.75 Å². The molecule has 0 aliphatic carbocycles. The Labute approximate surface area is 249 Å². The molecule has 1 saturated heterocycles. The summed E-state index contributed by atoms with van der Waals surface area (Å²) in [6.45, 7) is 2.61. The van der Waals surface area contributed by atoms with Crippen molar-refractivity contribution >= 4 is 23.1 Å². The van der Waals surface area contributed by atoms with Crippen LogP contribution in [0.15, 0.2) is 54.1 Å². The van der Waals surface area contributed by atoms with Crippen LogP contribution in [-0.2, 0) is 9.59 Å². The number of nitro benzene ring substituents is 1. The molecule has 0 bridgehead atoms. The Bertz CT molecular complexity index is 1190. The lowest BCUT2D eigenvalue weighted by atomic mass is 9.95. The molecule has 0 saturated carbocycles. The number of unbranched alkanes of at least 4 members (excludes halogenated alkanes) is 13. The molecule has 1 N–H and O–H groups in total. The number of ketones is 1. The van der Waals surface area contributed by atoms with Gasteiger partial charge in [0.15, 0.2) is 0 Å². The smallest absolute Gasteiger partial charge is 0.295 e. The number of Topliss-reactive ketones (excluding diaryl/α,β-unsaturated/α-hetero) is 1. The summed E-state index contributed by atoms with van der Waals surface area (Å²) >= 11 is 0. The van der Waals surface area contributed by atoms with Gasteiger partial charge in [-0.25, -0.2) is 0 Å². The molecule has 1 aliphatic heterocycles. The van der Waals surface area contributed by atoms with E-state index in [9.17, 15) is 24.8 Å². The molecule has 0 radical (unpaired) electrons. The number of benzene rings is 2. The Kier molecular flexibility index (Phi) is 13.5. The van der Waals surface area contributed by atoms with Gasteiger partial charge in [-0.2, -0.15) is 0 Å². The van der Waals surface area contributed by atoms with Crippen LogP contribution in [0.3, 0.4) is 0 Å². The molecule has 2 aromatic carbocycles. The number of methoxy groups -OCH3 is 1. The molecular formula is C34H46N2O6. The highest BCUT2D eigenvalue weighted by Crippen LogP contribution is 2.40. The SMILES string of the molecule is CCCCCCCCCCCCCCCCN1C(=O)C(=O)C(=C(O)c2ccc(OC)cc2)[C@@H]1c1ccc([N+](=O)[O-])cc1. The quantitative estimate of drug-likeness (QED) is 0.0447. The number of aliphatic hydroxyl groups excluding tert-OH is 1. The minimum Gasteiger partial charge on any atom is -0.507 e. The van der Waals surface area contributed by atoms with E-state index >= 15 is 0 Å². The van der Waals surface area contributed by atoms with Crippen molar-refractivity contribution in [1.82, 2.24) is 4.90 Å². The summed E-state index contributed by atoms with van der Waals surface area (Å²) in [5.41, 5.74) is 0.833. The van der Waals surface area contributed by atoms with E-state index < -0.39 is 22.7 Å². The Morgan fingerprint density at radius 3 is 1.79 bits per heavy atom. The molecule has 42 heavy (non-hydrogen) atoms. The van der Waals surface area contributed by atoms with Gasteiger partial charge in [-0.3, -0.25) is 19.7 Å². The monoisotopic (exact) mass is 578 g/mol. The van der Waals surface area contributed by atoms with E-state index in [4.69, 9.17) is 4.74 Å². The average Bonchev–Trinajstić information content (AvgIpc) is 3.26. The van der Waals surface area contributed by atoms with Crippen LogP contribution >= 0.6 is 0 Å². The van der Waals surface area contributed by atoms with Crippen molar-refractivity contribution in [3.63, 3.8) is 0 Å². The van der Waals surface area contributed by atoms with Crippen LogP contribution in [0.1, 0.15) is 114 Å². The third-order valence-corrected chi connectivity index (χ3v) is 8.08. The van der Waals surface area contributed by atoms with E-state index in [1.165, 1.54) is 88.4 Å². The zero-order chi connectivity index (χ0) is 30.3. The summed E-state index contributed by atoms with van der Waals surface area (Å²) in [5.74, 6) is -1.10. The van der Waals surface area contributed by atoms with Crippen LogP contribution < -0.4 is 4.74 Å². The van der Waals surface area contributed by atoms with Gasteiger partial charge < -0.3 is 14.7 Å². The second-order valence-corrected chi connectivity index (χ2v) is 11.2. The molecule has 228 valence electrons. The van der Waals surface area contributed by atoms with Crippen molar-refractivity contribution in [2.45, 2.75) is 103 Å². The maximum Gasteiger partial charge on any atom is 0.295 e. The number of amides is 1. The van der Waals surface area contributed by atoms with E-state index in [2.05, 4.69) is 6.92 Å². The number of hydrogen-bond acceptors (Lipinski definition) is 6. The highest BCUT2D eigenvalue weighted by Gasteiger charge is 2.45. The Morgan fingerprint density at radius 2 is 1.31 bits per heavy atom. The van der Waals surface area contributed by atoms with Gasteiger partial charge in [-0.15, -0.1) is 0 Å². The van der Waals surface area contributed by atoms with Crippen LogP contribution in [-0.4, -0.2) is 40.3 Å². The van der Waals surface area contributed by atoms with E-state index in [-0.39, 0.29) is 17.0 Å². The Balaban J connectivity index is 1.59. The molecule has 1 fully saturated rings. The van der Waals surface area contributed by atoms with Crippen LogP contribution in [0, 0.1) is 10.1 Å². The first kappa shape index (κ1) is 32.8. The van der Waals surface area contributed by atoms with E-state index in [1.807, 2.05) is 0 Å². The minimum atomic E-state index is -0.824. The van der Waals surface area contributed by atoms with Gasteiger partial charge in [0.2, 0.25) is 0 Å². The van der Waals surface area contributed by atoms with Crippen LogP contribution in [0.2, 0.25) is 0 Å². The summed E-state index contributed by atoms with van der Waals surface area (Å²) in [4.78, 5) is 38.6. The molecule has 8 nitrogen and oxygen atoms in total. The zero-order valence-electron chi connectivity index (χ0n) is 25.2. The van der Waals surface area contributed by atoms with Crippen molar-refractivity contribution in [2.24, 2.45) is 0 Å². The highest BCUT2D eigenvalue weighted by atomic mass is 16.6. The Morgan fingerprint density at radius 1 is 0.810 bits per heavy atom. The number of likely N-dealkylation sites (tertiary alicyclic amines) is 1. The number of non-ortho nitro benzene ring substituents is 1. The molecular weight excluding hydrogens is 532 g/mol. The van der Waals surface area contributed by atoms with E-state index in [0.29, 0.717) is 23.4 Å². The summed E-state index contributed by atoms with van der Waals surface area (Å²) in [7, 11) is 1.53. The molecule has 0 unspecified atom stereocenters. The predicted octanol–water partition coefficient (Wildman–Crippen LogP) is 8.51. The minimum absolute atomic E-state index is 0.00983. The third-order valence-electron chi connectivity index (χ3n) is 8.08. The average molecular weight is 579 g/mol. The highest BCUT2D eigenvalue weighted by molar-refractivity contribution is 6.46. The predicted molar refractivity (Wildman–Crippen MR) is 165 cm³/mol. The van der Waals surface area contributed by atoms with Crippen molar-refractivity contribution in [2.75, 3.05) is 13.7 Å². The lowest BCUT2D eigenvalue weighted by molar-refractivity contribution is -0.384. The maximum atomic E-state index is 13.2. The van der Waals surface area contributed by atoms with Gasteiger partial charge in [0.05, 0.1) is 23.6 Å². The molecule has 0 aromatic heterocycles.